The molecule has 0 saturated heterocycles. The van der Waals surface area contributed by atoms with Crippen LogP contribution in [0.2, 0.25) is 0 Å². The standard InChI is InChI=1S/C16H17BrN4OS2/c1-11-3-4-12(22-11)5-8-15-18-16(23)21(19-15)10-20(2)9-13-6-7-14(17)24-13/h3-8H,9-10H2,1-2H3,(H,18,19,23)/b8-5+. The summed E-state index contributed by atoms with van der Waals surface area (Å²) in [4.78, 5) is 7.83. The van der Waals surface area contributed by atoms with Crippen molar-refractivity contribution in [1.29, 1.82) is 0 Å². The molecule has 24 heavy (non-hydrogen) atoms. The van der Waals surface area contributed by atoms with E-state index >= 15 is 0 Å². The third-order valence-electron chi connectivity index (χ3n) is 3.30. The molecule has 5 nitrogen and oxygen atoms in total. The molecule has 0 spiro atoms. The molecule has 3 heterocycles. The summed E-state index contributed by atoms with van der Waals surface area (Å²) < 4.78 is 9.03. The lowest BCUT2D eigenvalue weighted by atomic mass is 10.4. The molecule has 0 aromatic carbocycles. The molecular formula is C16H17BrN4OS2. The number of H-pyrrole nitrogens is 1. The number of rotatable bonds is 6. The van der Waals surface area contributed by atoms with Crippen molar-refractivity contribution in [2.75, 3.05) is 7.05 Å². The van der Waals surface area contributed by atoms with E-state index in [1.165, 1.54) is 4.88 Å². The molecule has 3 aromatic heterocycles. The number of aryl methyl sites for hydroxylation is 1. The number of aromatic amines is 1. The van der Waals surface area contributed by atoms with Crippen molar-refractivity contribution < 1.29 is 4.42 Å². The van der Waals surface area contributed by atoms with Gasteiger partial charge >= 0.3 is 0 Å². The van der Waals surface area contributed by atoms with Crippen molar-refractivity contribution in [2.45, 2.75) is 20.1 Å². The van der Waals surface area contributed by atoms with E-state index in [1.54, 1.807) is 11.3 Å². The van der Waals surface area contributed by atoms with Crippen LogP contribution in [0.1, 0.15) is 22.2 Å². The number of furan rings is 1. The monoisotopic (exact) mass is 424 g/mol. The Balaban J connectivity index is 1.65. The van der Waals surface area contributed by atoms with E-state index in [9.17, 15) is 0 Å². The second-order valence-electron chi connectivity index (χ2n) is 5.46. The van der Waals surface area contributed by atoms with E-state index in [0.717, 1.165) is 21.9 Å². The van der Waals surface area contributed by atoms with Crippen LogP contribution in [0.15, 0.2) is 32.5 Å². The van der Waals surface area contributed by atoms with Gasteiger partial charge in [-0.15, -0.1) is 11.3 Å². The van der Waals surface area contributed by atoms with Crippen LogP contribution in [0.5, 0.6) is 0 Å². The minimum atomic E-state index is 0.532. The molecule has 0 aliphatic rings. The highest BCUT2D eigenvalue weighted by atomic mass is 79.9. The Labute approximate surface area is 157 Å². The Morgan fingerprint density at radius 1 is 1.38 bits per heavy atom. The van der Waals surface area contributed by atoms with E-state index in [1.807, 2.05) is 35.9 Å². The summed E-state index contributed by atoms with van der Waals surface area (Å²) in [5, 5.41) is 3.21. The molecule has 8 heteroatoms. The number of nitrogens with one attached hydrogen (secondary N) is 1. The van der Waals surface area contributed by atoms with Crippen LogP contribution < -0.4 is 0 Å². The average Bonchev–Trinajstić information content (AvgIpc) is 3.20. The van der Waals surface area contributed by atoms with Crippen LogP contribution in [0.25, 0.3) is 12.2 Å². The first kappa shape index (κ1) is 17.3. The van der Waals surface area contributed by atoms with Gasteiger partial charge in [0, 0.05) is 11.4 Å². The van der Waals surface area contributed by atoms with Gasteiger partial charge in [-0.05, 0) is 78.5 Å². The van der Waals surface area contributed by atoms with E-state index in [2.05, 4.69) is 50.1 Å². The smallest absolute Gasteiger partial charge is 0.217 e. The molecular weight excluding hydrogens is 408 g/mol. The lowest BCUT2D eigenvalue weighted by Gasteiger charge is -2.15. The van der Waals surface area contributed by atoms with E-state index in [4.69, 9.17) is 16.6 Å². The molecule has 0 radical (unpaired) electrons. The third kappa shape index (κ3) is 4.54. The summed E-state index contributed by atoms with van der Waals surface area (Å²) in [6, 6.07) is 8.04. The fourth-order valence-corrected chi connectivity index (χ4v) is 4.01. The fourth-order valence-electron chi connectivity index (χ4n) is 2.24. The van der Waals surface area contributed by atoms with E-state index in [-0.39, 0.29) is 0 Å². The van der Waals surface area contributed by atoms with Gasteiger partial charge in [-0.1, -0.05) is 0 Å². The number of aromatic nitrogens is 3. The van der Waals surface area contributed by atoms with Crippen LogP contribution in [0, 0.1) is 11.7 Å². The largest absolute Gasteiger partial charge is 0.462 e. The van der Waals surface area contributed by atoms with Gasteiger partial charge in [0.05, 0.1) is 10.5 Å². The van der Waals surface area contributed by atoms with Gasteiger partial charge in [0.25, 0.3) is 0 Å². The zero-order valence-corrected chi connectivity index (χ0v) is 16.5. The van der Waals surface area contributed by atoms with Crippen molar-refractivity contribution in [3.63, 3.8) is 0 Å². The highest BCUT2D eigenvalue weighted by molar-refractivity contribution is 9.11. The predicted octanol–water partition coefficient (Wildman–Crippen LogP) is 4.93. The fraction of sp³-hybridized carbons (Fsp3) is 0.250. The van der Waals surface area contributed by atoms with Crippen LogP contribution in [0.3, 0.4) is 0 Å². The zero-order chi connectivity index (χ0) is 17.1. The molecule has 3 rings (SSSR count). The summed E-state index contributed by atoms with van der Waals surface area (Å²) in [6.45, 7) is 3.42. The van der Waals surface area contributed by atoms with Gasteiger partial charge in [0.2, 0.25) is 4.77 Å². The lowest BCUT2D eigenvalue weighted by molar-refractivity contribution is 0.246. The van der Waals surface area contributed by atoms with Crippen LogP contribution in [-0.2, 0) is 13.2 Å². The SMILES string of the molecule is Cc1ccc(/C=C/c2nc(=S)n(CN(C)Cc3ccc(Br)s3)[nH]2)o1. The lowest BCUT2D eigenvalue weighted by Crippen LogP contribution is -2.22. The van der Waals surface area contributed by atoms with Gasteiger partial charge in [0.1, 0.15) is 17.3 Å². The van der Waals surface area contributed by atoms with Gasteiger partial charge in [0.15, 0.2) is 0 Å². The van der Waals surface area contributed by atoms with Gasteiger partial charge < -0.3 is 4.42 Å². The van der Waals surface area contributed by atoms with Gasteiger partial charge in [-0.25, -0.2) is 4.68 Å². The number of hydrogen-bond donors (Lipinski definition) is 1. The summed E-state index contributed by atoms with van der Waals surface area (Å²) in [5.41, 5.74) is 0. The number of nitrogens with zero attached hydrogens (tertiary/aromatic N) is 3. The molecule has 0 aliphatic carbocycles. The molecule has 0 saturated carbocycles. The first-order valence-corrected chi connectivity index (χ1v) is 9.35. The topological polar surface area (TPSA) is 50.0 Å². The van der Waals surface area contributed by atoms with E-state index < -0.39 is 0 Å². The molecule has 0 bridgehead atoms. The average molecular weight is 425 g/mol. The van der Waals surface area contributed by atoms with Crippen molar-refractivity contribution >= 4 is 51.6 Å². The summed E-state index contributed by atoms with van der Waals surface area (Å²) >= 11 is 10.6. The second-order valence-corrected chi connectivity index (χ2v) is 8.38. The molecule has 1 N–H and O–H groups in total. The maximum absolute atomic E-state index is 5.50. The first-order valence-electron chi connectivity index (χ1n) is 7.34. The van der Waals surface area contributed by atoms with Crippen LogP contribution in [-0.4, -0.2) is 26.7 Å². The van der Waals surface area contributed by atoms with Crippen molar-refractivity contribution in [3.8, 4) is 0 Å². The molecule has 0 amide bonds. The molecule has 126 valence electrons. The number of thiophene rings is 1. The highest BCUT2D eigenvalue weighted by Crippen LogP contribution is 2.23. The molecule has 3 aromatic rings. The van der Waals surface area contributed by atoms with E-state index in [0.29, 0.717) is 17.3 Å². The summed E-state index contributed by atoms with van der Waals surface area (Å²) in [7, 11) is 2.05. The van der Waals surface area contributed by atoms with Crippen LogP contribution >= 0.6 is 39.5 Å². The maximum atomic E-state index is 5.50. The Morgan fingerprint density at radius 3 is 2.88 bits per heavy atom. The highest BCUT2D eigenvalue weighted by Gasteiger charge is 2.06. The molecule has 0 unspecified atom stereocenters. The number of halogens is 1. The Kier molecular flexibility index (Phi) is 5.50. The Bertz CT molecular complexity index is 905. The zero-order valence-electron chi connectivity index (χ0n) is 13.3. The molecule has 0 fully saturated rings. The summed E-state index contributed by atoms with van der Waals surface area (Å²) in [6.07, 6.45) is 3.73. The summed E-state index contributed by atoms with van der Waals surface area (Å²) in [5.74, 6) is 2.39. The molecule has 0 aliphatic heterocycles. The van der Waals surface area contributed by atoms with Gasteiger partial charge in [-0.3, -0.25) is 10.00 Å². The van der Waals surface area contributed by atoms with Crippen LogP contribution in [0.4, 0.5) is 0 Å². The second kappa shape index (κ2) is 7.60. The normalized spacial score (nSPS) is 11.8. The minimum Gasteiger partial charge on any atom is -0.462 e. The van der Waals surface area contributed by atoms with Crippen molar-refractivity contribution in [2.24, 2.45) is 0 Å². The van der Waals surface area contributed by atoms with Crippen molar-refractivity contribution in [3.05, 3.63) is 55.0 Å². The maximum Gasteiger partial charge on any atom is 0.217 e. The quantitative estimate of drug-likeness (QED) is 0.570. The van der Waals surface area contributed by atoms with Crippen molar-refractivity contribution in [1.82, 2.24) is 19.7 Å². The predicted molar refractivity (Wildman–Crippen MR) is 103 cm³/mol. The third-order valence-corrected chi connectivity index (χ3v) is 5.22. The number of hydrogen-bond acceptors (Lipinski definition) is 5. The molecule has 0 atom stereocenters. The Morgan fingerprint density at radius 2 is 2.21 bits per heavy atom. The Hall–Kier alpha value is -1.48. The van der Waals surface area contributed by atoms with Gasteiger partial charge in [-0.2, -0.15) is 4.98 Å². The first-order chi connectivity index (χ1) is 11.5. The minimum absolute atomic E-state index is 0.532.